The number of carbonyl (C=O) groups excluding carboxylic acids is 1. The van der Waals surface area contributed by atoms with Crippen LogP contribution in [0.4, 0.5) is 10.5 Å². The van der Waals surface area contributed by atoms with E-state index in [1.54, 1.807) is 39.3 Å². The lowest BCUT2D eigenvalue weighted by Crippen LogP contribution is -2.31. The van der Waals surface area contributed by atoms with Crippen LogP contribution in [0.25, 0.3) is 0 Å². The van der Waals surface area contributed by atoms with Gasteiger partial charge in [0.15, 0.2) is 5.82 Å². The lowest BCUT2D eigenvalue weighted by molar-refractivity contribution is 0.185. The molecule has 0 aliphatic heterocycles. The van der Waals surface area contributed by atoms with Crippen molar-refractivity contribution < 1.29 is 14.1 Å². The first kappa shape index (κ1) is 16.3. The number of amides is 2. The zero-order chi connectivity index (χ0) is 16.1. The molecule has 0 radical (unpaired) electrons. The molecule has 0 spiro atoms. The van der Waals surface area contributed by atoms with Gasteiger partial charge in [-0.25, -0.2) is 4.79 Å². The summed E-state index contributed by atoms with van der Waals surface area (Å²) in [5, 5.41) is 7.09. The lowest BCUT2D eigenvalue weighted by Gasteiger charge is -2.18. The number of methoxy groups -OCH3 is 1. The maximum Gasteiger partial charge on any atom is 0.322 e. The Bertz CT molecular complexity index is 659. The number of aryl methyl sites for hydroxylation is 1. The van der Waals surface area contributed by atoms with Gasteiger partial charge in [-0.1, -0.05) is 22.8 Å². The molecule has 1 aromatic carbocycles. The molecular weight excluding hydrogens is 308 g/mol. The Balaban J connectivity index is 2.06. The Labute approximate surface area is 133 Å². The summed E-state index contributed by atoms with van der Waals surface area (Å²) in [7, 11) is 3.21. The molecule has 0 atom stereocenters. The second-order valence-electron chi connectivity index (χ2n) is 4.71. The number of halogens is 1. The van der Waals surface area contributed by atoms with E-state index in [0.717, 1.165) is 5.56 Å². The average molecular weight is 325 g/mol. The zero-order valence-corrected chi connectivity index (χ0v) is 13.3. The van der Waals surface area contributed by atoms with Crippen LogP contribution >= 0.6 is 11.6 Å². The molecule has 1 heterocycles. The number of benzene rings is 1. The number of carbonyl (C=O) groups is 1. The van der Waals surface area contributed by atoms with Crippen molar-refractivity contribution in [3.63, 3.8) is 0 Å². The van der Waals surface area contributed by atoms with Crippen molar-refractivity contribution in [1.82, 2.24) is 15.0 Å². The predicted octanol–water partition coefficient (Wildman–Crippen LogP) is 2.84. The highest BCUT2D eigenvalue weighted by Crippen LogP contribution is 2.25. The Morgan fingerprint density at radius 3 is 2.91 bits per heavy atom. The minimum atomic E-state index is -0.304. The monoisotopic (exact) mass is 324 g/mol. The zero-order valence-electron chi connectivity index (χ0n) is 12.6. The number of nitrogens with one attached hydrogen (secondary N) is 1. The number of anilines is 1. The van der Waals surface area contributed by atoms with Crippen molar-refractivity contribution in [3.8, 4) is 0 Å². The highest BCUT2D eigenvalue weighted by atomic mass is 35.5. The third kappa shape index (κ3) is 3.96. The fraction of sp³-hybridized carbons (Fsp3) is 0.357. The molecule has 1 N–H and O–H groups in total. The summed E-state index contributed by atoms with van der Waals surface area (Å²) in [6.45, 7) is 2.24. The molecule has 2 rings (SSSR count). The minimum Gasteiger partial charge on any atom is -0.380 e. The number of hydrogen-bond acceptors (Lipinski definition) is 5. The number of aromatic nitrogens is 2. The Morgan fingerprint density at radius 2 is 2.27 bits per heavy atom. The van der Waals surface area contributed by atoms with Gasteiger partial charge in [0.1, 0.15) is 0 Å². The molecular formula is C14H17ClN4O3. The molecule has 0 bridgehead atoms. The molecule has 7 nitrogen and oxygen atoms in total. The Morgan fingerprint density at radius 1 is 1.50 bits per heavy atom. The minimum absolute atomic E-state index is 0.239. The number of rotatable bonds is 5. The molecule has 0 saturated carbocycles. The smallest absolute Gasteiger partial charge is 0.322 e. The van der Waals surface area contributed by atoms with Crippen molar-refractivity contribution in [2.45, 2.75) is 20.1 Å². The first-order valence-electron chi connectivity index (χ1n) is 6.59. The van der Waals surface area contributed by atoms with Gasteiger partial charge >= 0.3 is 6.03 Å². The highest BCUT2D eigenvalue weighted by molar-refractivity contribution is 6.31. The van der Waals surface area contributed by atoms with E-state index < -0.39 is 0 Å². The van der Waals surface area contributed by atoms with E-state index in [2.05, 4.69) is 15.5 Å². The van der Waals surface area contributed by atoms with E-state index in [1.165, 1.54) is 4.90 Å². The second kappa shape index (κ2) is 7.24. The lowest BCUT2D eigenvalue weighted by atomic mass is 10.2. The number of hydrogen-bond donors (Lipinski definition) is 1. The maximum atomic E-state index is 12.2. The van der Waals surface area contributed by atoms with E-state index in [0.29, 0.717) is 29.0 Å². The summed E-state index contributed by atoms with van der Waals surface area (Å²) in [5.74, 6) is 0.902. The van der Waals surface area contributed by atoms with Crippen LogP contribution in [0.1, 0.15) is 17.3 Å². The van der Waals surface area contributed by atoms with Crippen molar-refractivity contribution in [2.24, 2.45) is 0 Å². The third-order valence-electron chi connectivity index (χ3n) is 2.94. The average Bonchev–Trinajstić information content (AvgIpc) is 2.88. The second-order valence-corrected chi connectivity index (χ2v) is 5.12. The van der Waals surface area contributed by atoms with Crippen molar-refractivity contribution in [2.75, 3.05) is 19.5 Å². The maximum absolute atomic E-state index is 12.2. The standard InChI is InChI=1S/C14H17ClN4O3/c1-9-16-13(18-22-9)7-19(2)14(20)17-12-6-4-5-11(15)10(12)8-21-3/h4-6H,7-8H2,1-3H3,(H,17,20). The molecule has 8 heteroatoms. The molecule has 2 amide bonds. The topological polar surface area (TPSA) is 80.5 Å². The first-order valence-corrected chi connectivity index (χ1v) is 6.96. The van der Waals surface area contributed by atoms with Gasteiger partial charge in [0.05, 0.1) is 13.2 Å². The van der Waals surface area contributed by atoms with Crippen LogP contribution in [-0.4, -0.2) is 35.2 Å². The van der Waals surface area contributed by atoms with Gasteiger partial charge in [-0.2, -0.15) is 4.98 Å². The summed E-state index contributed by atoms with van der Waals surface area (Å²) >= 11 is 6.13. The molecule has 0 unspecified atom stereocenters. The SMILES string of the molecule is COCc1c(Cl)cccc1NC(=O)N(C)Cc1noc(C)n1. The van der Waals surface area contributed by atoms with Gasteiger partial charge in [-0.15, -0.1) is 0 Å². The molecule has 0 saturated heterocycles. The first-order chi connectivity index (χ1) is 10.5. The fourth-order valence-corrected chi connectivity index (χ4v) is 2.10. The largest absolute Gasteiger partial charge is 0.380 e. The van der Waals surface area contributed by atoms with Crippen molar-refractivity contribution in [3.05, 3.63) is 40.5 Å². The number of ether oxygens (including phenoxy) is 1. The van der Waals surface area contributed by atoms with Gasteiger partial charge in [-0.05, 0) is 12.1 Å². The molecule has 0 aliphatic carbocycles. The quantitative estimate of drug-likeness (QED) is 0.914. The molecule has 2 aromatic rings. The molecule has 118 valence electrons. The van der Waals surface area contributed by atoms with E-state index in [4.69, 9.17) is 20.9 Å². The van der Waals surface area contributed by atoms with E-state index >= 15 is 0 Å². The molecule has 1 aromatic heterocycles. The summed E-state index contributed by atoms with van der Waals surface area (Å²) in [4.78, 5) is 17.7. The van der Waals surface area contributed by atoms with Crippen LogP contribution in [0.15, 0.2) is 22.7 Å². The van der Waals surface area contributed by atoms with Gasteiger partial charge in [0, 0.05) is 37.4 Å². The van der Waals surface area contributed by atoms with E-state index in [1.807, 2.05) is 0 Å². The summed E-state index contributed by atoms with van der Waals surface area (Å²) < 4.78 is 9.98. The normalized spacial score (nSPS) is 10.5. The predicted molar refractivity (Wildman–Crippen MR) is 81.7 cm³/mol. The van der Waals surface area contributed by atoms with Crippen LogP contribution in [0.3, 0.4) is 0 Å². The van der Waals surface area contributed by atoms with Gasteiger partial charge < -0.3 is 19.5 Å². The highest BCUT2D eigenvalue weighted by Gasteiger charge is 2.15. The fourth-order valence-electron chi connectivity index (χ4n) is 1.87. The summed E-state index contributed by atoms with van der Waals surface area (Å²) in [5.41, 5.74) is 1.33. The van der Waals surface area contributed by atoms with Crippen LogP contribution in [-0.2, 0) is 17.9 Å². The number of urea groups is 1. The van der Waals surface area contributed by atoms with Gasteiger partial charge in [0.25, 0.3) is 0 Å². The third-order valence-corrected chi connectivity index (χ3v) is 3.30. The molecule has 0 fully saturated rings. The van der Waals surface area contributed by atoms with Gasteiger partial charge in [-0.3, -0.25) is 0 Å². The summed E-state index contributed by atoms with van der Waals surface area (Å²) in [6, 6.07) is 4.98. The van der Waals surface area contributed by atoms with Crippen LogP contribution in [0.5, 0.6) is 0 Å². The van der Waals surface area contributed by atoms with E-state index in [-0.39, 0.29) is 12.6 Å². The number of nitrogens with zero attached hydrogens (tertiary/aromatic N) is 3. The van der Waals surface area contributed by atoms with Crippen molar-refractivity contribution in [1.29, 1.82) is 0 Å². The van der Waals surface area contributed by atoms with Gasteiger partial charge in [0.2, 0.25) is 5.89 Å². The summed E-state index contributed by atoms with van der Waals surface area (Å²) in [6.07, 6.45) is 0. The van der Waals surface area contributed by atoms with Crippen molar-refractivity contribution >= 4 is 23.3 Å². The Hall–Kier alpha value is -2.12. The van der Waals surface area contributed by atoms with E-state index in [9.17, 15) is 4.79 Å². The Kier molecular flexibility index (Phi) is 5.35. The molecule has 0 aliphatic rings. The van der Waals surface area contributed by atoms with Crippen LogP contribution in [0, 0.1) is 6.92 Å². The molecule has 22 heavy (non-hydrogen) atoms. The van der Waals surface area contributed by atoms with Crippen LogP contribution < -0.4 is 5.32 Å². The van der Waals surface area contributed by atoms with Crippen LogP contribution in [0.2, 0.25) is 5.02 Å².